The van der Waals surface area contributed by atoms with E-state index in [2.05, 4.69) is 0 Å². The molecule has 0 fully saturated rings. The highest BCUT2D eigenvalue weighted by molar-refractivity contribution is 5.91. The predicted molar refractivity (Wildman–Crippen MR) is 60.8 cm³/mol. The largest absolute Gasteiger partial charge is 0.493 e. The summed E-state index contributed by atoms with van der Waals surface area (Å²) in [5.41, 5.74) is 1.65. The van der Waals surface area contributed by atoms with E-state index in [1.807, 2.05) is 25.1 Å². The van der Waals surface area contributed by atoms with E-state index in [1.165, 1.54) is 0 Å². The lowest BCUT2D eigenvalue weighted by Crippen LogP contribution is -2.08. The van der Waals surface area contributed by atoms with Crippen molar-refractivity contribution in [2.24, 2.45) is 0 Å². The minimum Gasteiger partial charge on any atom is -0.493 e. The topological polar surface area (TPSA) is 35.5 Å². The quantitative estimate of drug-likeness (QED) is 0.718. The van der Waals surface area contributed by atoms with Crippen molar-refractivity contribution in [2.45, 2.75) is 26.2 Å². The van der Waals surface area contributed by atoms with Gasteiger partial charge in [0.15, 0.2) is 0 Å². The van der Waals surface area contributed by atoms with Gasteiger partial charge < -0.3 is 9.47 Å². The van der Waals surface area contributed by atoms with Gasteiger partial charge in [0, 0.05) is 5.56 Å². The summed E-state index contributed by atoms with van der Waals surface area (Å²) in [7, 11) is 0. The van der Waals surface area contributed by atoms with Gasteiger partial charge in [-0.25, -0.2) is 4.79 Å². The van der Waals surface area contributed by atoms with Gasteiger partial charge in [-0.2, -0.15) is 0 Å². The molecule has 2 rings (SSSR count). The first-order valence-electron chi connectivity index (χ1n) is 5.74. The Kier molecular flexibility index (Phi) is 3.44. The summed E-state index contributed by atoms with van der Waals surface area (Å²) in [6.07, 6.45) is 2.99. The van der Waals surface area contributed by atoms with Crippen LogP contribution in [-0.4, -0.2) is 19.2 Å². The Morgan fingerprint density at radius 2 is 2.31 bits per heavy atom. The Hall–Kier alpha value is -1.51. The molecule has 0 aromatic heterocycles. The van der Waals surface area contributed by atoms with E-state index in [0.29, 0.717) is 12.2 Å². The van der Waals surface area contributed by atoms with Gasteiger partial charge in [0.25, 0.3) is 0 Å². The fraction of sp³-hybridized carbons (Fsp3) is 0.462. The average molecular weight is 220 g/mol. The van der Waals surface area contributed by atoms with Gasteiger partial charge >= 0.3 is 5.97 Å². The van der Waals surface area contributed by atoms with Crippen LogP contribution in [-0.2, 0) is 11.2 Å². The Bertz CT molecular complexity index is 385. The van der Waals surface area contributed by atoms with Crippen molar-refractivity contribution in [1.82, 2.24) is 0 Å². The molecule has 1 heterocycles. The standard InChI is InChI=1S/C13H16O3/c1-2-15-13(14)11-7-5-8-12-10(11)6-3-4-9-16-12/h5,7-8H,2-4,6,9H2,1H3. The summed E-state index contributed by atoms with van der Waals surface area (Å²) in [5, 5.41) is 0. The molecule has 86 valence electrons. The number of fused-ring (bicyclic) bond motifs is 1. The van der Waals surface area contributed by atoms with Gasteiger partial charge in [0.05, 0.1) is 18.8 Å². The van der Waals surface area contributed by atoms with Crippen molar-refractivity contribution < 1.29 is 14.3 Å². The number of esters is 1. The van der Waals surface area contributed by atoms with Crippen molar-refractivity contribution in [2.75, 3.05) is 13.2 Å². The maximum absolute atomic E-state index is 11.8. The molecule has 3 heteroatoms. The first kappa shape index (κ1) is 11.0. The van der Waals surface area contributed by atoms with Crippen LogP contribution in [0.4, 0.5) is 0 Å². The average Bonchev–Trinajstić information content (AvgIpc) is 2.53. The third kappa shape index (κ3) is 2.18. The monoisotopic (exact) mass is 220 g/mol. The van der Waals surface area contributed by atoms with Crippen molar-refractivity contribution in [3.05, 3.63) is 29.3 Å². The van der Waals surface area contributed by atoms with Gasteiger partial charge in [-0.3, -0.25) is 0 Å². The molecular weight excluding hydrogens is 204 g/mol. The zero-order chi connectivity index (χ0) is 11.4. The lowest BCUT2D eigenvalue weighted by Gasteiger charge is -2.11. The third-order valence-electron chi connectivity index (χ3n) is 2.71. The predicted octanol–water partition coefficient (Wildman–Crippen LogP) is 2.58. The summed E-state index contributed by atoms with van der Waals surface area (Å²) < 4.78 is 10.6. The van der Waals surface area contributed by atoms with Gasteiger partial charge in [-0.15, -0.1) is 0 Å². The van der Waals surface area contributed by atoms with E-state index in [9.17, 15) is 4.79 Å². The van der Waals surface area contributed by atoms with Crippen LogP contribution in [0, 0.1) is 0 Å². The molecule has 0 spiro atoms. The van der Waals surface area contributed by atoms with Gasteiger partial charge in [-0.1, -0.05) is 6.07 Å². The second-order valence-corrected chi connectivity index (χ2v) is 3.81. The fourth-order valence-electron chi connectivity index (χ4n) is 1.94. The van der Waals surface area contributed by atoms with Crippen LogP contribution in [0.5, 0.6) is 5.75 Å². The summed E-state index contributed by atoms with van der Waals surface area (Å²) in [6.45, 7) is 2.96. The van der Waals surface area contributed by atoms with Crippen molar-refractivity contribution in [1.29, 1.82) is 0 Å². The van der Waals surface area contributed by atoms with E-state index < -0.39 is 0 Å². The zero-order valence-electron chi connectivity index (χ0n) is 9.49. The molecule has 0 unspecified atom stereocenters. The molecule has 0 saturated carbocycles. The smallest absolute Gasteiger partial charge is 0.338 e. The van der Waals surface area contributed by atoms with Crippen molar-refractivity contribution >= 4 is 5.97 Å². The number of rotatable bonds is 2. The molecule has 0 saturated heterocycles. The van der Waals surface area contributed by atoms with Crippen LogP contribution >= 0.6 is 0 Å². The molecule has 0 amide bonds. The Labute approximate surface area is 95.4 Å². The lowest BCUT2D eigenvalue weighted by atomic mass is 10.0. The van der Waals surface area contributed by atoms with Crippen LogP contribution in [0.3, 0.4) is 0 Å². The highest BCUT2D eigenvalue weighted by Gasteiger charge is 2.18. The van der Waals surface area contributed by atoms with Crippen LogP contribution in [0.2, 0.25) is 0 Å². The first-order valence-corrected chi connectivity index (χ1v) is 5.74. The minimum atomic E-state index is -0.246. The van der Waals surface area contributed by atoms with Crippen LogP contribution < -0.4 is 4.74 Å². The van der Waals surface area contributed by atoms with E-state index in [1.54, 1.807) is 0 Å². The normalized spacial score (nSPS) is 14.6. The summed E-state index contributed by atoms with van der Waals surface area (Å²) in [4.78, 5) is 11.8. The second kappa shape index (κ2) is 5.01. The highest BCUT2D eigenvalue weighted by Crippen LogP contribution is 2.27. The number of carbonyl (C=O) groups is 1. The van der Waals surface area contributed by atoms with Gasteiger partial charge in [0.2, 0.25) is 0 Å². The summed E-state index contributed by atoms with van der Waals surface area (Å²) >= 11 is 0. The van der Waals surface area contributed by atoms with Crippen molar-refractivity contribution in [3.63, 3.8) is 0 Å². The SMILES string of the molecule is CCOC(=O)c1cccc2c1CCCCO2. The highest BCUT2D eigenvalue weighted by atomic mass is 16.5. The molecule has 1 aromatic rings. The molecule has 0 atom stereocenters. The maximum atomic E-state index is 11.8. The van der Waals surface area contributed by atoms with E-state index in [-0.39, 0.29) is 5.97 Å². The van der Waals surface area contributed by atoms with Crippen LogP contribution in [0.25, 0.3) is 0 Å². The zero-order valence-corrected chi connectivity index (χ0v) is 9.49. The second-order valence-electron chi connectivity index (χ2n) is 3.81. The molecule has 0 N–H and O–H groups in total. The lowest BCUT2D eigenvalue weighted by molar-refractivity contribution is 0.0524. The maximum Gasteiger partial charge on any atom is 0.338 e. The van der Waals surface area contributed by atoms with E-state index in [0.717, 1.165) is 37.2 Å². The van der Waals surface area contributed by atoms with E-state index >= 15 is 0 Å². The van der Waals surface area contributed by atoms with Crippen LogP contribution in [0.15, 0.2) is 18.2 Å². The first-order chi connectivity index (χ1) is 7.83. The number of hydrogen-bond donors (Lipinski definition) is 0. The van der Waals surface area contributed by atoms with Gasteiger partial charge in [-0.05, 0) is 38.3 Å². The van der Waals surface area contributed by atoms with E-state index in [4.69, 9.17) is 9.47 Å². The number of carbonyl (C=O) groups excluding carboxylic acids is 1. The Morgan fingerprint density at radius 3 is 3.12 bits per heavy atom. The molecule has 0 bridgehead atoms. The molecule has 3 nitrogen and oxygen atoms in total. The van der Waals surface area contributed by atoms with Gasteiger partial charge in [0.1, 0.15) is 5.75 Å². The summed E-state index contributed by atoms with van der Waals surface area (Å²) in [5.74, 6) is 0.591. The number of ether oxygens (including phenoxy) is 2. The number of benzene rings is 1. The molecule has 1 aliphatic rings. The Morgan fingerprint density at radius 1 is 1.44 bits per heavy atom. The van der Waals surface area contributed by atoms with Crippen LogP contribution in [0.1, 0.15) is 35.7 Å². The minimum absolute atomic E-state index is 0.246. The molecule has 0 radical (unpaired) electrons. The molecular formula is C13H16O3. The van der Waals surface area contributed by atoms with Crippen molar-refractivity contribution in [3.8, 4) is 5.75 Å². The molecule has 16 heavy (non-hydrogen) atoms. The third-order valence-corrected chi connectivity index (χ3v) is 2.71. The molecule has 1 aliphatic heterocycles. The fourth-order valence-corrected chi connectivity index (χ4v) is 1.94. The number of hydrogen-bond acceptors (Lipinski definition) is 3. The molecule has 1 aromatic carbocycles. The Balaban J connectivity index is 2.34. The molecule has 0 aliphatic carbocycles. The summed E-state index contributed by atoms with van der Waals surface area (Å²) in [6, 6.07) is 5.57.